The average Bonchev–Trinajstić information content (AvgIpc) is 2.76. The van der Waals surface area contributed by atoms with Gasteiger partial charge in [-0.3, -0.25) is 9.48 Å². The average molecular weight is 237 g/mol. The van der Waals surface area contributed by atoms with Crippen molar-refractivity contribution in [2.24, 2.45) is 5.92 Å². The maximum Gasteiger partial charge on any atom is 0.224 e. The van der Waals surface area contributed by atoms with Gasteiger partial charge in [-0.25, -0.2) is 0 Å². The standard InChI is InChI=1S/C13H23N3O/c1-11(2)10-12(3)15(4)13(17)6-9-16-8-5-7-14-16/h5,7-8,11-12H,6,9-10H2,1-4H3/t12-/m1/s1. The molecular weight excluding hydrogens is 214 g/mol. The molecule has 0 saturated carbocycles. The third-order valence-electron chi connectivity index (χ3n) is 2.98. The molecule has 0 saturated heterocycles. The van der Waals surface area contributed by atoms with Gasteiger partial charge in [0.15, 0.2) is 0 Å². The fourth-order valence-electron chi connectivity index (χ4n) is 1.91. The van der Waals surface area contributed by atoms with E-state index >= 15 is 0 Å². The van der Waals surface area contributed by atoms with Gasteiger partial charge in [-0.15, -0.1) is 0 Å². The van der Waals surface area contributed by atoms with Gasteiger partial charge in [0.25, 0.3) is 0 Å². The van der Waals surface area contributed by atoms with E-state index < -0.39 is 0 Å². The summed E-state index contributed by atoms with van der Waals surface area (Å²) in [4.78, 5) is 13.8. The summed E-state index contributed by atoms with van der Waals surface area (Å²) < 4.78 is 1.79. The highest BCUT2D eigenvalue weighted by atomic mass is 16.2. The molecule has 0 bridgehead atoms. The smallest absolute Gasteiger partial charge is 0.224 e. The third-order valence-corrected chi connectivity index (χ3v) is 2.98. The van der Waals surface area contributed by atoms with Crippen molar-refractivity contribution in [3.05, 3.63) is 18.5 Å². The van der Waals surface area contributed by atoms with Crippen molar-refractivity contribution in [2.45, 2.75) is 46.2 Å². The molecule has 1 rings (SSSR count). The first kappa shape index (κ1) is 13.7. The van der Waals surface area contributed by atoms with E-state index in [0.29, 0.717) is 24.9 Å². The highest BCUT2D eigenvalue weighted by molar-refractivity contribution is 5.76. The Kier molecular flexibility index (Phi) is 5.19. The van der Waals surface area contributed by atoms with Crippen molar-refractivity contribution >= 4 is 5.91 Å². The summed E-state index contributed by atoms with van der Waals surface area (Å²) in [6.07, 6.45) is 5.17. The highest BCUT2D eigenvalue weighted by Gasteiger charge is 2.16. The zero-order valence-corrected chi connectivity index (χ0v) is 11.3. The van der Waals surface area contributed by atoms with Crippen LogP contribution in [0.3, 0.4) is 0 Å². The van der Waals surface area contributed by atoms with Crippen molar-refractivity contribution < 1.29 is 4.79 Å². The molecule has 0 aromatic carbocycles. The molecule has 0 aliphatic carbocycles. The number of hydrogen-bond donors (Lipinski definition) is 0. The lowest BCUT2D eigenvalue weighted by Crippen LogP contribution is -2.36. The summed E-state index contributed by atoms with van der Waals surface area (Å²) in [5, 5.41) is 4.09. The van der Waals surface area contributed by atoms with E-state index in [1.165, 1.54) is 0 Å². The predicted molar refractivity (Wildman–Crippen MR) is 68.5 cm³/mol. The van der Waals surface area contributed by atoms with Gasteiger partial charge >= 0.3 is 0 Å². The first-order chi connectivity index (χ1) is 8.00. The van der Waals surface area contributed by atoms with Crippen LogP contribution in [0.2, 0.25) is 0 Å². The van der Waals surface area contributed by atoms with E-state index in [2.05, 4.69) is 25.9 Å². The summed E-state index contributed by atoms with van der Waals surface area (Å²) in [6, 6.07) is 2.18. The molecule has 1 aromatic heterocycles. The SMILES string of the molecule is CC(C)C[C@@H](C)N(C)C(=O)CCn1cccn1. The van der Waals surface area contributed by atoms with Crippen LogP contribution in [-0.2, 0) is 11.3 Å². The topological polar surface area (TPSA) is 38.1 Å². The van der Waals surface area contributed by atoms with Gasteiger partial charge < -0.3 is 4.90 Å². The second kappa shape index (κ2) is 6.42. The summed E-state index contributed by atoms with van der Waals surface area (Å²) in [6.45, 7) is 7.12. The van der Waals surface area contributed by atoms with Gasteiger partial charge in [0.2, 0.25) is 5.91 Å². The van der Waals surface area contributed by atoms with Crippen molar-refractivity contribution in [2.75, 3.05) is 7.05 Å². The van der Waals surface area contributed by atoms with Crippen molar-refractivity contribution in [1.29, 1.82) is 0 Å². The van der Waals surface area contributed by atoms with Crippen LogP contribution in [0, 0.1) is 5.92 Å². The van der Waals surface area contributed by atoms with Crippen molar-refractivity contribution in [3.63, 3.8) is 0 Å². The number of hydrogen-bond acceptors (Lipinski definition) is 2. The number of nitrogens with zero attached hydrogens (tertiary/aromatic N) is 3. The Balaban J connectivity index is 2.36. The molecule has 17 heavy (non-hydrogen) atoms. The number of carbonyl (C=O) groups excluding carboxylic acids is 1. The van der Waals surface area contributed by atoms with Crippen LogP contribution in [0.5, 0.6) is 0 Å². The fourth-order valence-corrected chi connectivity index (χ4v) is 1.91. The Bertz CT molecular complexity index is 332. The molecule has 96 valence electrons. The molecule has 0 fully saturated rings. The lowest BCUT2D eigenvalue weighted by atomic mass is 10.0. The van der Waals surface area contributed by atoms with Gasteiger partial charge in [0.1, 0.15) is 0 Å². The molecule has 1 amide bonds. The summed E-state index contributed by atoms with van der Waals surface area (Å²) in [7, 11) is 1.89. The lowest BCUT2D eigenvalue weighted by Gasteiger charge is -2.26. The number of amides is 1. The molecule has 0 N–H and O–H groups in total. The Morgan fingerprint density at radius 3 is 2.65 bits per heavy atom. The van der Waals surface area contributed by atoms with Gasteiger partial charge in [-0.2, -0.15) is 5.10 Å². The largest absolute Gasteiger partial charge is 0.343 e. The minimum absolute atomic E-state index is 0.189. The van der Waals surface area contributed by atoms with Gasteiger partial charge in [-0.1, -0.05) is 13.8 Å². The molecule has 0 aliphatic rings. The molecule has 4 heteroatoms. The van der Waals surface area contributed by atoms with E-state index in [0.717, 1.165) is 6.42 Å². The molecular formula is C13H23N3O. The van der Waals surface area contributed by atoms with E-state index in [1.54, 1.807) is 10.9 Å². The number of aromatic nitrogens is 2. The van der Waals surface area contributed by atoms with Crippen LogP contribution < -0.4 is 0 Å². The monoisotopic (exact) mass is 237 g/mol. The minimum Gasteiger partial charge on any atom is -0.343 e. The Morgan fingerprint density at radius 2 is 2.12 bits per heavy atom. The zero-order chi connectivity index (χ0) is 12.8. The predicted octanol–water partition coefficient (Wildman–Crippen LogP) is 2.17. The van der Waals surface area contributed by atoms with Crippen LogP contribution in [-0.4, -0.2) is 33.7 Å². The molecule has 0 radical (unpaired) electrons. The quantitative estimate of drug-likeness (QED) is 0.760. The van der Waals surface area contributed by atoms with E-state index in [4.69, 9.17) is 0 Å². The molecule has 0 unspecified atom stereocenters. The number of aryl methyl sites for hydroxylation is 1. The minimum atomic E-state index is 0.189. The lowest BCUT2D eigenvalue weighted by molar-refractivity contribution is -0.132. The molecule has 0 spiro atoms. The van der Waals surface area contributed by atoms with Crippen molar-refractivity contribution in [1.82, 2.24) is 14.7 Å². The second-order valence-corrected chi connectivity index (χ2v) is 5.00. The highest BCUT2D eigenvalue weighted by Crippen LogP contribution is 2.10. The van der Waals surface area contributed by atoms with Crippen LogP contribution in [0.4, 0.5) is 0 Å². The molecule has 0 aliphatic heterocycles. The first-order valence-corrected chi connectivity index (χ1v) is 6.23. The second-order valence-electron chi connectivity index (χ2n) is 5.00. The van der Waals surface area contributed by atoms with Gasteiger partial charge in [0.05, 0.1) is 0 Å². The molecule has 1 heterocycles. The molecule has 1 aromatic rings. The number of rotatable bonds is 6. The number of carbonyl (C=O) groups is 1. The molecule has 4 nitrogen and oxygen atoms in total. The maximum atomic E-state index is 11.9. The summed E-state index contributed by atoms with van der Waals surface area (Å²) in [5.74, 6) is 0.806. The normalized spacial score (nSPS) is 12.8. The summed E-state index contributed by atoms with van der Waals surface area (Å²) in [5.41, 5.74) is 0. The van der Waals surface area contributed by atoms with E-state index in [-0.39, 0.29) is 5.91 Å². The zero-order valence-electron chi connectivity index (χ0n) is 11.3. The van der Waals surface area contributed by atoms with Crippen LogP contribution in [0.15, 0.2) is 18.5 Å². The van der Waals surface area contributed by atoms with Gasteiger partial charge in [0, 0.05) is 38.4 Å². The van der Waals surface area contributed by atoms with E-state index in [9.17, 15) is 4.79 Å². The Labute approximate surface area is 104 Å². The Hall–Kier alpha value is -1.32. The maximum absolute atomic E-state index is 11.9. The van der Waals surface area contributed by atoms with Crippen LogP contribution in [0.1, 0.15) is 33.6 Å². The Morgan fingerprint density at radius 1 is 1.41 bits per heavy atom. The van der Waals surface area contributed by atoms with Crippen LogP contribution >= 0.6 is 0 Å². The van der Waals surface area contributed by atoms with E-state index in [1.807, 2.05) is 24.2 Å². The third kappa shape index (κ3) is 4.59. The molecule has 1 atom stereocenters. The van der Waals surface area contributed by atoms with Crippen molar-refractivity contribution in [3.8, 4) is 0 Å². The van der Waals surface area contributed by atoms with Crippen LogP contribution in [0.25, 0.3) is 0 Å². The summed E-state index contributed by atoms with van der Waals surface area (Å²) >= 11 is 0. The van der Waals surface area contributed by atoms with Gasteiger partial charge in [-0.05, 0) is 25.3 Å². The fraction of sp³-hybridized carbons (Fsp3) is 0.692. The first-order valence-electron chi connectivity index (χ1n) is 6.23.